The lowest BCUT2D eigenvalue weighted by atomic mass is 10.2. The summed E-state index contributed by atoms with van der Waals surface area (Å²) >= 11 is 1.37. The second kappa shape index (κ2) is 8.24. The number of nitrogens with one attached hydrogen (secondary N) is 1. The van der Waals surface area contributed by atoms with Crippen LogP contribution in [0, 0.1) is 6.92 Å². The number of para-hydroxylation sites is 1. The van der Waals surface area contributed by atoms with Gasteiger partial charge in [-0.1, -0.05) is 18.2 Å². The SMILES string of the molecule is Cc1nc(C(CN(c2ccccc2)S(=O)(=O)O)NC(=O)OC(C)(C)C)cs1. The highest BCUT2D eigenvalue weighted by Crippen LogP contribution is 2.24. The molecule has 0 bridgehead atoms. The maximum Gasteiger partial charge on any atom is 0.408 e. The first-order valence-electron chi connectivity index (χ1n) is 8.17. The standard InChI is InChI=1S/C17H23N3O5S2/c1-12-18-15(11-26-12)14(19-16(21)25-17(2,3)4)10-20(27(22,23)24)13-8-6-5-7-9-13/h5-9,11,14H,10H2,1-4H3,(H,19,21)(H,22,23,24). The number of hydrogen-bond acceptors (Lipinski definition) is 6. The molecule has 1 unspecified atom stereocenters. The predicted molar refractivity (Wildman–Crippen MR) is 104 cm³/mol. The van der Waals surface area contributed by atoms with Crippen LogP contribution in [0.25, 0.3) is 0 Å². The molecule has 2 N–H and O–H groups in total. The van der Waals surface area contributed by atoms with Crippen LogP contribution in [0.4, 0.5) is 10.5 Å². The van der Waals surface area contributed by atoms with Gasteiger partial charge in [-0.05, 0) is 39.8 Å². The molecule has 10 heteroatoms. The normalized spacial score (nSPS) is 13.1. The summed E-state index contributed by atoms with van der Waals surface area (Å²) in [7, 11) is -4.57. The summed E-state index contributed by atoms with van der Waals surface area (Å²) < 4.78 is 39.6. The lowest BCUT2D eigenvalue weighted by Gasteiger charge is -2.27. The highest BCUT2D eigenvalue weighted by Gasteiger charge is 2.28. The van der Waals surface area contributed by atoms with Crippen molar-refractivity contribution in [2.45, 2.75) is 39.3 Å². The summed E-state index contributed by atoms with van der Waals surface area (Å²) in [6.07, 6.45) is -0.707. The zero-order valence-corrected chi connectivity index (χ0v) is 17.2. The minimum Gasteiger partial charge on any atom is -0.444 e. The largest absolute Gasteiger partial charge is 0.444 e. The van der Waals surface area contributed by atoms with E-state index in [9.17, 15) is 17.8 Å². The zero-order chi connectivity index (χ0) is 20.2. The molecule has 8 nitrogen and oxygen atoms in total. The molecule has 0 radical (unpaired) electrons. The van der Waals surface area contributed by atoms with Crippen LogP contribution in [0.5, 0.6) is 0 Å². The Balaban J connectivity index is 2.33. The molecule has 1 amide bonds. The van der Waals surface area contributed by atoms with E-state index in [1.165, 1.54) is 11.3 Å². The molecule has 1 atom stereocenters. The minimum atomic E-state index is -4.57. The van der Waals surface area contributed by atoms with E-state index in [0.29, 0.717) is 5.69 Å². The molecular formula is C17H23N3O5S2. The van der Waals surface area contributed by atoms with Crippen molar-refractivity contribution in [1.82, 2.24) is 10.3 Å². The number of benzene rings is 1. The summed E-state index contributed by atoms with van der Waals surface area (Å²) in [6, 6.07) is 7.31. The van der Waals surface area contributed by atoms with Crippen molar-refractivity contribution >= 4 is 33.4 Å². The van der Waals surface area contributed by atoms with E-state index >= 15 is 0 Å². The molecule has 0 saturated carbocycles. The first-order valence-corrected chi connectivity index (χ1v) is 10.4. The predicted octanol–water partition coefficient (Wildman–Crippen LogP) is 3.33. The van der Waals surface area contributed by atoms with Gasteiger partial charge >= 0.3 is 16.4 Å². The Hall–Kier alpha value is -2.17. The molecule has 0 aliphatic rings. The van der Waals surface area contributed by atoms with Gasteiger partial charge < -0.3 is 10.1 Å². The zero-order valence-electron chi connectivity index (χ0n) is 15.5. The number of carbonyl (C=O) groups is 1. The number of aryl methyl sites for hydroxylation is 1. The van der Waals surface area contributed by atoms with E-state index in [4.69, 9.17) is 4.74 Å². The number of amides is 1. The fraction of sp³-hybridized carbons (Fsp3) is 0.412. The van der Waals surface area contributed by atoms with Crippen LogP contribution in [-0.4, -0.2) is 36.2 Å². The summed E-state index contributed by atoms with van der Waals surface area (Å²) in [4.78, 5) is 16.6. The second-order valence-corrected chi connectivity index (χ2v) is 9.23. The van der Waals surface area contributed by atoms with E-state index in [-0.39, 0.29) is 12.2 Å². The molecular weight excluding hydrogens is 390 g/mol. The van der Waals surface area contributed by atoms with E-state index in [1.54, 1.807) is 63.4 Å². The molecule has 0 fully saturated rings. The lowest BCUT2D eigenvalue weighted by molar-refractivity contribution is 0.0504. The number of anilines is 1. The molecule has 2 aromatic rings. The van der Waals surface area contributed by atoms with Gasteiger partial charge in [0.1, 0.15) is 5.60 Å². The van der Waals surface area contributed by atoms with Crippen molar-refractivity contribution in [1.29, 1.82) is 0 Å². The fourth-order valence-electron chi connectivity index (χ4n) is 2.30. The van der Waals surface area contributed by atoms with Crippen molar-refractivity contribution in [2.75, 3.05) is 10.8 Å². The molecule has 1 heterocycles. The molecule has 0 aliphatic carbocycles. The van der Waals surface area contributed by atoms with Crippen molar-refractivity contribution in [3.63, 3.8) is 0 Å². The Morgan fingerprint density at radius 1 is 1.33 bits per heavy atom. The Bertz CT molecular complexity index is 875. The smallest absolute Gasteiger partial charge is 0.408 e. The number of thiazole rings is 1. The highest BCUT2D eigenvalue weighted by atomic mass is 32.2. The number of ether oxygens (including phenoxy) is 1. The van der Waals surface area contributed by atoms with Gasteiger partial charge in [-0.3, -0.25) is 4.55 Å². The van der Waals surface area contributed by atoms with Crippen molar-refractivity contribution in [3.05, 3.63) is 46.4 Å². The van der Waals surface area contributed by atoms with Crippen LogP contribution in [0.1, 0.15) is 37.5 Å². The monoisotopic (exact) mass is 413 g/mol. The number of hydrogen-bond donors (Lipinski definition) is 2. The van der Waals surface area contributed by atoms with Crippen LogP contribution in [0.3, 0.4) is 0 Å². The molecule has 27 heavy (non-hydrogen) atoms. The van der Waals surface area contributed by atoms with Gasteiger partial charge in [-0.25, -0.2) is 14.1 Å². The van der Waals surface area contributed by atoms with Crippen LogP contribution < -0.4 is 9.62 Å². The maximum atomic E-state index is 12.2. The third-order valence-electron chi connectivity index (χ3n) is 3.36. The van der Waals surface area contributed by atoms with Crippen molar-refractivity contribution in [3.8, 4) is 0 Å². The summed E-state index contributed by atoms with van der Waals surface area (Å²) in [6.45, 7) is 6.73. The fourth-order valence-corrected chi connectivity index (χ4v) is 3.69. The van der Waals surface area contributed by atoms with Gasteiger partial charge in [0, 0.05) is 5.38 Å². The Kier molecular flexibility index (Phi) is 6.45. The Morgan fingerprint density at radius 2 is 1.96 bits per heavy atom. The van der Waals surface area contributed by atoms with Gasteiger partial charge in [-0.15, -0.1) is 11.3 Å². The first kappa shape index (κ1) is 21.1. The van der Waals surface area contributed by atoms with Crippen molar-refractivity contribution in [2.24, 2.45) is 0 Å². The molecule has 0 saturated heterocycles. The van der Waals surface area contributed by atoms with Crippen LogP contribution in [0.15, 0.2) is 35.7 Å². The third kappa shape index (κ3) is 6.49. The van der Waals surface area contributed by atoms with E-state index < -0.39 is 28.0 Å². The average molecular weight is 414 g/mol. The molecule has 0 spiro atoms. The second-order valence-electron chi connectivity index (χ2n) is 6.83. The van der Waals surface area contributed by atoms with E-state index in [1.807, 2.05) is 0 Å². The van der Waals surface area contributed by atoms with E-state index in [0.717, 1.165) is 9.31 Å². The van der Waals surface area contributed by atoms with Gasteiger partial charge in [0.15, 0.2) is 0 Å². The van der Waals surface area contributed by atoms with Crippen LogP contribution >= 0.6 is 11.3 Å². The topological polar surface area (TPSA) is 109 Å². The summed E-state index contributed by atoms with van der Waals surface area (Å²) in [5.41, 5.74) is 0.0327. The summed E-state index contributed by atoms with van der Waals surface area (Å²) in [5, 5.41) is 5.13. The number of aromatic nitrogens is 1. The quantitative estimate of drug-likeness (QED) is 0.703. The number of rotatable bonds is 6. The molecule has 0 aliphatic heterocycles. The number of alkyl carbamates (subject to hydrolysis) is 1. The highest BCUT2D eigenvalue weighted by molar-refractivity contribution is 7.87. The van der Waals surface area contributed by atoms with E-state index in [2.05, 4.69) is 10.3 Å². The number of nitrogens with zero attached hydrogens (tertiary/aromatic N) is 2. The van der Waals surface area contributed by atoms with Crippen molar-refractivity contribution < 1.29 is 22.5 Å². The van der Waals surface area contributed by atoms with Gasteiger partial charge in [0.2, 0.25) is 0 Å². The number of carbonyl (C=O) groups excluding carboxylic acids is 1. The Labute approximate surface area is 163 Å². The molecule has 2 rings (SSSR count). The average Bonchev–Trinajstić information content (AvgIpc) is 2.95. The van der Waals surface area contributed by atoms with Gasteiger partial charge in [-0.2, -0.15) is 8.42 Å². The Morgan fingerprint density at radius 3 is 2.44 bits per heavy atom. The van der Waals surface area contributed by atoms with Gasteiger partial charge in [0.05, 0.1) is 29.0 Å². The van der Waals surface area contributed by atoms with Crippen LogP contribution in [-0.2, 0) is 15.0 Å². The maximum absolute atomic E-state index is 12.2. The molecule has 1 aromatic carbocycles. The minimum absolute atomic E-state index is 0.245. The first-order chi connectivity index (χ1) is 12.5. The molecule has 1 aromatic heterocycles. The summed E-state index contributed by atoms with van der Waals surface area (Å²) in [5.74, 6) is 0. The van der Waals surface area contributed by atoms with Crippen LogP contribution in [0.2, 0.25) is 0 Å². The molecule has 148 valence electrons. The van der Waals surface area contributed by atoms with Gasteiger partial charge in [0.25, 0.3) is 0 Å². The lowest BCUT2D eigenvalue weighted by Crippen LogP contribution is -2.42. The third-order valence-corrected chi connectivity index (χ3v) is 5.06.